The summed E-state index contributed by atoms with van der Waals surface area (Å²) in [7, 11) is 1.61. The lowest BCUT2D eigenvalue weighted by Gasteiger charge is -2.33. The van der Waals surface area contributed by atoms with E-state index >= 15 is 0 Å². The van der Waals surface area contributed by atoms with E-state index in [9.17, 15) is 4.79 Å². The molecule has 5 nitrogen and oxygen atoms in total. The summed E-state index contributed by atoms with van der Waals surface area (Å²) in [5.74, 6) is 1.44. The Bertz CT molecular complexity index is 529. The van der Waals surface area contributed by atoms with Crippen molar-refractivity contribution in [2.75, 3.05) is 32.1 Å². The second kappa shape index (κ2) is 8.41. The molecule has 0 spiro atoms. The first kappa shape index (κ1) is 17.9. The van der Waals surface area contributed by atoms with Gasteiger partial charge in [0, 0.05) is 37.1 Å². The van der Waals surface area contributed by atoms with Crippen LogP contribution in [0.3, 0.4) is 0 Å². The van der Waals surface area contributed by atoms with E-state index in [1.165, 1.54) is 0 Å². The molecule has 1 aliphatic heterocycles. The predicted octanol–water partition coefficient (Wildman–Crippen LogP) is 2.74. The highest BCUT2D eigenvalue weighted by atomic mass is 35.5. The summed E-state index contributed by atoms with van der Waals surface area (Å²) >= 11 is 6.00. The fraction of sp³-hybridized carbons (Fsp3) is 0.588. The molecule has 1 amide bonds. The summed E-state index contributed by atoms with van der Waals surface area (Å²) in [6.45, 7) is 4.23. The van der Waals surface area contributed by atoms with Crippen LogP contribution in [0.15, 0.2) is 18.2 Å². The van der Waals surface area contributed by atoms with E-state index in [1.54, 1.807) is 19.2 Å². The van der Waals surface area contributed by atoms with Crippen molar-refractivity contribution in [3.63, 3.8) is 0 Å². The largest absolute Gasteiger partial charge is 0.495 e. The van der Waals surface area contributed by atoms with Crippen LogP contribution in [-0.4, -0.2) is 43.6 Å². The Morgan fingerprint density at radius 3 is 2.78 bits per heavy atom. The molecule has 1 unspecified atom stereocenters. The highest BCUT2D eigenvalue weighted by Crippen LogP contribution is 2.27. The van der Waals surface area contributed by atoms with Crippen molar-refractivity contribution in [1.29, 1.82) is 0 Å². The number of anilines is 1. The van der Waals surface area contributed by atoms with Gasteiger partial charge in [0.05, 0.1) is 12.8 Å². The molecule has 6 heteroatoms. The number of methoxy groups -OCH3 is 1. The molecule has 0 radical (unpaired) electrons. The number of halogens is 1. The second-order valence-corrected chi connectivity index (χ2v) is 6.54. The van der Waals surface area contributed by atoms with E-state index < -0.39 is 0 Å². The van der Waals surface area contributed by atoms with Crippen LogP contribution in [0.4, 0.5) is 5.69 Å². The summed E-state index contributed by atoms with van der Waals surface area (Å²) in [6.07, 6.45) is 2.45. The molecule has 0 aliphatic carbocycles. The SMILES string of the molecule is COc1ccc(Cl)cc1NCCC(=O)N1CCC(C(C)N)CC1. The van der Waals surface area contributed by atoms with Crippen molar-refractivity contribution in [1.82, 2.24) is 4.90 Å². The van der Waals surface area contributed by atoms with Crippen molar-refractivity contribution in [2.45, 2.75) is 32.2 Å². The molecule has 1 aromatic rings. The van der Waals surface area contributed by atoms with Crippen molar-refractivity contribution in [3.8, 4) is 5.75 Å². The Morgan fingerprint density at radius 1 is 1.48 bits per heavy atom. The summed E-state index contributed by atoms with van der Waals surface area (Å²) in [4.78, 5) is 14.2. The topological polar surface area (TPSA) is 67.6 Å². The van der Waals surface area contributed by atoms with Gasteiger partial charge in [0.2, 0.25) is 5.91 Å². The number of piperidine rings is 1. The maximum Gasteiger partial charge on any atom is 0.224 e. The first-order chi connectivity index (χ1) is 11.0. The zero-order chi connectivity index (χ0) is 16.8. The lowest BCUT2D eigenvalue weighted by atomic mass is 9.91. The highest BCUT2D eigenvalue weighted by molar-refractivity contribution is 6.30. The molecular weight excluding hydrogens is 314 g/mol. The predicted molar refractivity (Wildman–Crippen MR) is 94.1 cm³/mol. The van der Waals surface area contributed by atoms with Gasteiger partial charge in [0.25, 0.3) is 0 Å². The number of likely N-dealkylation sites (tertiary alicyclic amines) is 1. The van der Waals surface area contributed by atoms with E-state index in [2.05, 4.69) is 5.32 Å². The Kier molecular flexibility index (Phi) is 6.54. The summed E-state index contributed by atoms with van der Waals surface area (Å²) in [5, 5.41) is 3.86. The number of rotatable bonds is 6. The highest BCUT2D eigenvalue weighted by Gasteiger charge is 2.24. The first-order valence-electron chi connectivity index (χ1n) is 8.12. The molecule has 23 heavy (non-hydrogen) atoms. The van der Waals surface area contributed by atoms with E-state index in [1.807, 2.05) is 17.9 Å². The van der Waals surface area contributed by atoms with Crippen molar-refractivity contribution >= 4 is 23.2 Å². The zero-order valence-electron chi connectivity index (χ0n) is 13.8. The number of nitrogens with zero attached hydrogens (tertiary/aromatic N) is 1. The van der Waals surface area contributed by atoms with E-state index in [4.69, 9.17) is 22.1 Å². The number of carbonyl (C=O) groups excluding carboxylic acids is 1. The normalized spacial score (nSPS) is 17.0. The van der Waals surface area contributed by atoms with Crippen molar-refractivity contribution < 1.29 is 9.53 Å². The van der Waals surface area contributed by atoms with Crippen LogP contribution in [0, 0.1) is 5.92 Å². The number of ether oxygens (including phenoxy) is 1. The van der Waals surface area contributed by atoms with Crippen LogP contribution in [0.5, 0.6) is 5.75 Å². The van der Waals surface area contributed by atoms with Gasteiger partial charge in [-0.25, -0.2) is 0 Å². The molecule has 1 atom stereocenters. The molecule has 0 aromatic heterocycles. The molecular formula is C17H26ClN3O2. The van der Waals surface area contributed by atoms with Crippen molar-refractivity contribution in [3.05, 3.63) is 23.2 Å². The molecule has 1 aromatic carbocycles. The van der Waals surface area contributed by atoms with Crippen LogP contribution >= 0.6 is 11.6 Å². The van der Waals surface area contributed by atoms with E-state index in [0.29, 0.717) is 23.9 Å². The summed E-state index contributed by atoms with van der Waals surface area (Å²) in [5.41, 5.74) is 6.75. The minimum absolute atomic E-state index is 0.182. The van der Waals surface area contributed by atoms with Crippen LogP contribution in [-0.2, 0) is 4.79 Å². The van der Waals surface area contributed by atoms with Gasteiger partial charge in [-0.3, -0.25) is 4.79 Å². The number of carbonyl (C=O) groups is 1. The third kappa shape index (κ3) is 5.01. The van der Waals surface area contributed by atoms with Gasteiger partial charge >= 0.3 is 0 Å². The number of nitrogens with two attached hydrogens (primary N) is 1. The maximum atomic E-state index is 12.3. The molecule has 0 saturated carbocycles. The van der Waals surface area contributed by atoms with Crippen LogP contribution in [0.25, 0.3) is 0 Å². The second-order valence-electron chi connectivity index (χ2n) is 6.10. The molecule has 1 saturated heterocycles. The van der Waals surface area contributed by atoms with Crippen molar-refractivity contribution in [2.24, 2.45) is 11.7 Å². The van der Waals surface area contributed by atoms with Gasteiger partial charge in [-0.1, -0.05) is 11.6 Å². The molecule has 1 fully saturated rings. The fourth-order valence-corrected chi connectivity index (χ4v) is 3.13. The monoisotopic (exact) mass is 339 g/mol. The quantitative estimate of drug-likeness (QED) is 0.836. The first-order valence-corrected chi connectivity index (χ1v) is 8.50. The van der Waals surface area contributed by atoms with Gasteiger partial charge in [-0.2, -0.15) is 0 Å². The molecule has 2 rings (SSSR count). The lowest BCUT2D eigenvalue weighted by molar-refractivity contribution is -0.132. The van der Waals surface area contributed by atoms with Gasteiger partial charge in [0.1, 0.15) is 5.75 Å². The molecule has 3 N–H and O–H groups in total. The minimum atomic E-state index is 0.182. The number of hydrogen-bond donors (Lipinski definition) is 2. The van der Waals surface area contributed by atoms with E-state index in [-0.39, 0.29) is 11.9 Å². The maximum absolute atomic E-state index is 12.3. The van der Waals surface area contributed by atoms with E-state index in [0.717, 1.165) is 37.4 Å². The molecule has 1 heterocycles. The standard InChI is InChI=1S/C17H26ClN3O2/c1-12(19)13-6-9-21(10-7-13)17(22)5-8-20-15-11-14(18)3-4-16(15)23-2/h3-4,11-13,20H,5-10,19H2,1-2H3. The zero-order valence-corrected chi connectivity index (χ0v) is 14.6. The third-order valence-corrected chi connectivity index (χ3v) is 4.69. The molecule has 0 bridgehead atoms. The molecule has 1 aliphatic rings. The Labute approximate surface area is 143 Å². The number of benzene rings is 1. The average Bonchev–Trinajstić information content (AvgIpc) is 2.55. The van der Waals surface area contributed by atoms with Gasteiger partial charge in [-0.05, 0) is 43.9 Å². The Hall–Kier alpha value is -1.46. The van der Waals surface area contributed by atoms with Gasteiger partial charge in [-0.15, -0.1) is 0 Å². The summed E-state index contributed by atoms with van der Waals surface area (Å²) < 4.78 is 5.28. The Balaban J connectivity index is 1.78. The minimum Gasteiger partial charge on any atom is -0.495 e. The third-order valence-electron chi connectivity index (χ3n) is 4.45. The number of amides is 1. The summed E-state index contributed by atoms with van der Waals surface area (Å²) in [6, 6.07) is 5.60. The van der Waals surface area contributed by atoms with Gasteiger partial charge < -0.3 is 20.7 Å². The number of nitrogens with one attached hydrogen (secondary N) is 1. The lowest BCUT2D eigenvalue weighted by Crippen LogP contribution is -2.42. The van der Waals surface area contributed by atoms with Crippen LogP contribution in [0.1, 0.15) is 26.2 Å². The van der Waals surface area contributed by atoms with Crippen LogP contribution in [0.2, 0.25) is 5.02 Å². The molecule has 128 valence electrons. The fourth-order valence-electron chi connectivity index (χ4n) is 2.96. The Morgan fingerprint density at radius 2 is 2.17 bits per heavy atom. The van der Waals surface area contributed by atoms with Crippen LogP contribution < -0.4 is 15.8 Å². The average molecular weight is 340 g/mol. The smallest absolute Gasteiger partial charge is 0.224 e. The number of hydrogen-bond acceptors (Lipinski definition) is 4. The van der Waals surface area contributed by atoms with Gasteiger partial charge in [0.15, 0.2) is 0 Å².